The standard InChI is InChI=1S/C8H16N2.C5H8N2.CH2O3/c1-3-4-5-10-7-6-9(2)8-10;1-5-6-3-4-7(5)2;2-1(3)4/h6-7H,3-5,8H2,1-2H3;3-4H,1-2H3;(H2,2,3,4). The van der Waals surface area contributed by atoms with E-state index in [4.69, 9.17) is 15.0 Å². The minimum atomic E-state index is -1.83. The van der Waals surface area contributed by atoms with Crippen molar-refractivity contribution in [1.29, 1.82) is 0 Å². The van der Waals surface area contributed by atoms with E-state index in [0.717, 1.165) is 12.5 Å². The van der Waals surface area contributed by atoms with Crippen molar-refractivity contribution in [2.75, 3.05) is 20.3 Å². The molecule has 1 aliphatic heterocycles. The van der Waals surface area contributed by atoms with Crippen molar-refractivity contribution in [1.82, 2.24) is 19.4 Å². The first-order valence-electron chi connectivity index (χ1n) is 6.85. The van der Waals surface area contributed by atoms with Gasteiger partial charge in [0.15, 0.2) is 0 Å². The van der Waals surface area contributed by atoms with Crippen molar-refractivity contribution in [3.63, 3.8) is 0 Å². The monoisotopic (exact) mass is 298 g/mol. The number of hydrogen-bond donors (Lipinski definition) is 2. The summed E-state index contributed by atoms with van der Waals surface area (Å²) in [5.74, 6) is 1.06. The molecular weight excluding hydrogens is 272 g/mol. The lowest BCUT2D eigenvalue weighted by molar-refractivity contribution is 0.137. The molecule has 1 aromatic heterocycles. The van der Waals surface area contributed by atoms with Crippen LogP contribution >= 0.6 is 0 Å². The Morgan fingerprint density at radius 1 is 1.33 bits per heavy atom. The van der Waals surface area contributed by atoms with Gasteiger partial charge in [-0.05, 0) is 13.3 Å². The van der Waals surface area contributed by atoms with Crippen LogP contribution in [0.15, 0.2) is 24.8 Å². The predicted molar refractivity (Wildman–Crippen MR) is 82.0 cm³/mol. The molecule has 0 aliphatic carbocycles. The number of aryl methyl sites for hydroxylation is 2. The van der Waals surface area contributed by atoms with Gasteiger partial charge < -0.3 is 24.6 Å². The van der Waals surface area contributed by atoms with E-state index in [1.165, 1.54) is 19.4 Å². The third-order valence-electron chi connectivity index (χ3n) is 2.80. The van der Waals surface area contributed by atoms with Gasteiger partial charge in [0.05, 0.1) is 6.67 Å². The molecule has 1 aliphatic rings. The highest BCUT2D eigenvalue weighted by Gasteiger charge is 2.05. The topological polar surface area (TPSA) is 81.8 Å². The summed E-state index contributed by atoms with van der Waals surface area (Å²) in [7, 11) is 4.07. The third-order valence-corrected chi connectivity index (χ3v) is 2.80. The van der Waals surface area contributed by atoms with Crippen molar-refractivity contribution in [2.45, 2.75) is 26.7 Å². The Balaban J connectivity index is 0.000000317. The zero-order chi connectivity index (χ0) is 16.3. The summed E-state index contributed by atoms with van der Waals surface area (Å²) in [4.78, 5) is 17.1. The van der Waals surface area contributed by atoms with Crippen LogP contribution in [0.1, 0.15) is 25.6 Å². The van der Waals surface area contributed by atoms with Crippen LogP contribution in [0, 0.1) is 6.92 Å². The Labute approximate surface area is 126 Å². The van der Waals surface area contributed by atoms with Gasteiger partial charge in [-0.1, -0.05) is 13.3 Å². The van der Waals surface area contributed by atoms with Crippen LogP contribution in [0.2, 0.25) is 0 Å². The largest absolute Gasteiger partial charge is 0.503 e. The molecule has 0 unspecified atom stereocenters. The molecule has 0 saturated heterocycles. The summed E-state index contributed by atoms with van der Waals surface area (Å²) >= 11 is 0. The SMILES string of the molecule is CCCCN1C=CN(C)C1.Cc1nccn1C.O=C(O)O. The lowest BCUT2D eigenvalue weighted by Gasteiger charge is -2.17. The summed E-state index contributed by atoms with van der Waals surface area (Å²) in [6, 6.07) is 0. The molecule has 2 N–H and O–H groups in total. The summed E-state index contributed by atoms with van der Waals surface area (Å²) in [5, 5.41) is 13.9. The van der Waals surface area contributed by atoms with Gasteiger partial charge in [-0.15, -0.1) is 0 Å². The number of rotatable bonds is 3. The Kier molecular flexibility index (Phi) is 9.49. The summed E-state index contributed by atoms with van der Waals surface area (Å²) < 4.78 is 1.97. The molecule has 0 aromatic carbocycles. The molecular formula is C14H26N4O3. The van der Waals surface area contributed by atoms with E-state index in [2.05, 4.69) is 41.2 Å². The van der Waals surface area contributed by atoms with Crippen LogP contribution in [0.3, 0.4) is 0 Å². The number of hydrogen-bond acceptors (Lipinski definition) is 4. The molecule has 21 heavy (non-hydrogen) atoms. The minimum Gasteiger partial charge on any atom is -0.450 e. The first kappa shape index (κ1) is 18.8. The smallest absolute Gasteiger partial charge is 0.450 e. The zero-order valence-electron chi connectivity index (χ0n) is 13.2. The Morgan fingerprint density at radius 2 is 1.95 bits per heavy atom. The van der Waals surface area contributed by atoms with E-state index in [9.17, 15) is 0 Å². The number of carboxylic acid groups (broad SMARTS) is 2. The fourth-order valence-electron chi connectivity index (χ4n) is 1.54. The lowest BCUT2D eigenvalue weighted by atomic mass is 10.3. The van der Waals surface area contributed by atoms with E-state index >= 15 is 0 Å². The zero-order valence-corrected chi connectivity index (χ0v) is 13.2. The first-order valence-corrected chi connectivity index (χ1v) is 6.85. The van der Waals surface area contributed by atoms with E-state index in [1.54, 1.807) is 6.20 Å². The highest BCUT2D eigenvalue weighted by Crippen LogP contribution is 2.04. The predicted octanol–water partition coefficient (Wildman–Crippen LogP) is 2.41. The maximum Gasteiger partial charge on any atom is 0.503 e. The molecule has 0 amide bonds. The Hall–Kier alpha value is -2.18. The van der Waals surface area contributed by atoms with Crippen LogP contribution in [-0.4, -0.2) is 56.0 Å². The highest BCUT2D eigenvalue weighted by molar-refractivity contribution is 5.53. The van der Waals surface area contributed by atoms with Crippen LogP contribution in [0.4, 0.5) is 4.79 Å². The molecule has 0 radical (unpaired) electrons. The second kappa shape index (κ2) is 10.6. The second-order valence-corrected chi connectivity index (χ2v) is 4.73. The molecule has 0 atom stereocenters. The van der Waals surface area contributed by atoms with Gasteiger partial charge in [0.1, 0.15) is 5.82 Å². The molecule has 0 fully saturated rings. The molecule has 0 spiro atoms. The molecule has 2 heterocycles. The van der Waals surface area contributed by atoms with E-state index < -0.39 is 6.16 Å². The molecule has 1 aromatic rings. The average Bonchev–Trinajstić information content (AvgIpc) is 2.97. The van der Waals surface area contributed by atoms with Gasteiger partial charge in [0.25, 0.3) is 0 Å². The maximum atomic E-state index is 8.56. The van der Waals surface area contributed by atoms with Gasteiger partial charge in [-0.25, -0.2) is 9.78 Å². The molecule has 7 heteroatoms. The molecule has 2 rings (SSSR count). The molecule has 120 valence electrons. The number of aromatic nitrogens is 2. The van der Waals surface area contributed by atoms with Gasteiger partial charge in [-0.2, -0.15) is 0 Å². The van der Waals surface area contributed by atoms with Crippen molar-refractivity contribution in [2.24, 2.45) is 7.05 Å². The van der Waals surface area contributed by atoms with Gasteiger partial charge >= 0.3 is 6.16 Å². The average molecular weight is 298 g/mol. The molecule has 0 bridgehead atoms. The van der Waals surface area contributed by atoms with Crippen molar-refractivity contribution in [3.8, 4) is 0 Å². The first-order chi connectivity index (χ1) is 9.86. The number of carbonyl (C=O) groups is 1. The summed E-state index contributed by atoms with van der Waals surface area (Å²) in [6.07, 6.45) is 8.75. The summed E-state index contributed by atoms with van der Waals surface area (Å²) in [5.41, 5.74) is 0. The second-order valence-electron chi connectivity index (χ2n) is 4.73. The maximum absolute atomic E-state index is 8.56. The highest BCUT2D eigenvalue weighted by atomic mass is 16.6. The van der Waals surface area contributed by atoms with E-state index in [0.29, 0.717) is 0 Å². The Morgan fingerprint density at radius 3 is 2.24 bits per heavy atom. The number of unbranched alkanes of at least 4 members (excludes halogenated alkanes) is 1. The Bertz CT molecular complexity index is 411. The third kappa shape index (κ3) is 10.3. The van der Waals surface area contributed by atoms with Gasteiger partial charge in [-0.3, -0.25) is 0 Å². The van der Waals surface area contributed by atoms with Crippen LogP contribution in [0.5, 0.6) is 0 Å². The van der Waals surface area contributed by atoms with E-state index in [-0.39, 0.29) is 0 Å². The van der Waals surface area contributed by atoms with Crippen LogP contribution in [0.25, 0.3) is 0 Å². The van der Waals surface area contributed by atoms with Crippen molar-refractivity contribution in [3.05, 3.63) is 30.6 Å². The van der Waals surface area contributed by atoms with E-state index in [1.807, 2.05) is 24.7 Å². The van der Waals surface area contributed by atoms with Gasteiger partial charge in [0, 0.05) is 45.4 Å². The summed E-state index contributed by atoms with van der Waals surface area (Å²) in [6.45, 7) is 6.47. The van der Waals surface area contributed by atoms with Crippen LogP contribution < -0.4 is 0 Å². The van der Waals surface area contributed by atoms with Gasteiger partial charge in [0.2, 0.25) is 0 Å². The molecule has 0 saturated carbocycles. The fraction of sp³-hybridized carbons (Fsp3) is 0.571. The van der Waals surface area contributed by atoms with Crippen molar-refractivity contribution < 1.29 is 15.0 Å². The molecule has 7 nitrogen and oxygen atoms in total. The quantitative estimate of drug-likeness (QED) is 0.892. The lowest BCUT2D eigenvalue weighted by Crippen LogP contribution is -2.23. The minimum absolute atomic E-state index is 1.06. The van der Waals surface area contributed by atoms with Crippen molar-refractivity contribution >= 4 is 6.16 Å². The normalized spacial score (nSPS) is 12.4. The number of nitrogens with zero attached hydrogens (tertiary/aromatic N) is 4. The fourth-order valence-corrected chi connectivity index (χ4v) is 1.54. The number of imidazole rings is 1. The van der Waals surface area contributed by atoms with Crippen LogP contribution in [-0.2, 0) is 7.05 Å².